The summed E-state index contributed by atoms with van der Waals surface area (Å²) in [7, 11) is -1.91. The van der Waals surface area contributed by atoms with E-state index >= 15 is 0 Å². The molecule has 2 aromatic rings. The first kappa shape index (κ1) is 21.7. The van der Waals surface area contributed by atoms with Gasteiger partial charge in [-0.3, -0.25) is 4.79 Å². The number of nitrogens with one attached hydrogen (secondary N) is 1. The van der Waals surface area contributed by atoms with E-state index in [1.165, 1.54) is 13.2 Å². The zero-order chi connectivity index (χ0) is 20.9. The van der Waals surface area contributed by atoms with Gasteiger partial charge in [-0.05, 0) is 65.6 Å². The number of ether oxygens (including phenoxy) is 1. The Labute approximate surface area is 179 Å². The van der Waals surface area contributed by atoms with Crippen LogP contribution < -0.4 is 10.1 Å². The van der Waals surface area contributed by atoms with Crippen LogP contribution >= 0.6 is 15.9 Å². The van der Waals surface area contributed by atoms with Gasteiger partial charge in [-0.15, -0.1) is 0 Å². The Hall–Kier alpha value is -1.97. The van der Waals surface area contributed by atoms with Crippen molar-refractivity contribution in [1.82, 2.24) is 9.88 Å². The van der Waals surface area contributed by atoms with Gasteiger partial charge in [0.1, 0.15) is 11.6 Å². The normalized spacial score (nSPS) is 17.7. The van der Waals surface area contributed by atoms with Gasteiger partial charge in [0, 0.05) is 23.8 Å². The third kappa shape index (κ3) is 6.01. The molecule has 7 nitrogen and oxygen atoms in total. The van der Waals surface area contributed by atoms with Crippen LogP contribution in [-0.2, 0) is 14.6 Å². The minimum atomic E-state index is -3.42. The highest BCUT2D eigenvalue weighted by atomic mass is 79.9. The molecular weight excluding hydrogens is 458 g/mol. The van der Waals surface area contributed by atoms with Crippen LogP contribution in [-0.4, -0.2) is 56.7 Å². The largest absolute Gasteiger partial charge is 0.497 e. The van der Waals surface area contributed by atoms with Gasteiger partial charge in [0.15, 0.2) is 9.84 Å². The molecule has 1 amide bonds. The van der Waals surface area contributed by atoms with Crippen molar-refractivity contribution in [3.05, 3.63) is 47.1 Å². The summed E-state index contributed by atoms with van der Waals surface area (Å²) in [6.07, 6.45) is 3.26. The molecule has 0 bridgehead atoms. The smallest absolute Gasteiger partial charge is 0.229 e. The van der Waals surface area contributed by atoms with Crippen LogP contribution in [0.4, 0.5) is 5.82 Å². The van der Waals surface area contributed by atoms with E-state index in [0.717, 1.165) is 23.9 Å². The molecule has 2 heterocycles. The summed E-state index contributed by atoms with van der Waals surface area (Å²) in [6, 6.07) is 10.1. The Morgan fingerprint density at radius 1 is 1.34 bits per heavy atom. The maximum absolute atomic E-state index is 12.7. The van der Waals surface area contributed by atoms with Crippen molar-refractivity contribution < 1.29 is 17.9 Å². The first-order valence-corrected chi connectivity index (χ1v) is 11.8. The van der Waals surface area contributed by atoms with Crippen LogP contribution in [0.2, 0.25) is 0 Å². The predicted molar refractivity (Wildman–Crippen MR) is 115 cm³/mol. The number of likely N-dealkylation sites (tertiary alicyclic amines) is 1. The van der Waals surface area contributed by atoms with Crippen LogP contribution in [0.5, 0.6) is 5.75 Å². The highest BCUT2D eigenvalue weighted by molar-refractivity contribution is 9.10. The van der Waals surface area contributed by atoms with E-state index in [1.54, 1.807) is 30.5 Å². The standard InChI is InChI=1S/C20H24BrN3O4S/c1-28-17-5-2-6-18(12-17)29(26,27)11-10-24-9-3-4-15(14-24)20(25)23-19-8-7-16(21)13-22-19/h2,5-8,12-13,15H,3-4,9-11,14H2,1H3,(H,22,23,25). The lowest BCUT2D eigenvalue weighted by Gasteiger charge is -2.31. The Balaban J connectivity index is 1.56. The average molecular weight is 482 g/mol. The third-order valence-electron chi connectivity index (χ3n) is 4.93. The number of aromatic nitrogens is 1. The van der Waals surface area contributed by atoms with Crippen molar-refractivity contribution in [2.45, 2.75) is 17.7 Å². The number of hydrogen-bond donors (Lipinski definition) is 1. The molecule has 0 radical (unpaired) electrons. The summed E-state index contributed by atoms with van der Waals surface area (Å²) in [6.45, 7) is 1.71. The Morgan fingerprint density at radius 2 is 2.17 bits per heavy atom. The quantitative estimate of drug-likeness (QED) is 0.653. The number of methoxy groups -OCH3 is 1. The maximum Gasteiger partial charge on any atom is 0.229 e. The fourth-order valence-corrected chi connectivity index (χ4v) is 4.86. The lowest BCUT2D eigenvalue weighted by atomic mass is 9.97. The van der Waals surface area contributed by atoms with Crippen LogP contribution in [0.15, 0.2) is 52.0 Å². The van der Waals surface area contributed by atoms with Gasteiger partial charge < -0.3 is 15.0 Å². The number of rotatable bonds is 7. The first-order chi connectivity index (χ1) is 13.9. The highest BCUT2D eigenvalue weighted by Crippen LogP contribution is 2.21. The average Bonchev–Trinajstić information content (AvgIpc) is 2.74. The lowest BCUT2D eigenvalue weighted by molar-refractivity contribution is -0.121. The number of pyridine rings is 1. The predicted octanol–water partition coefficient (Wildman–Crippen LogP) is 2.98. The number of piperidine rings is 1. The van der Waals surface area contributed by atoms with Gasteiger partial charge in [-0.1, -0.05) is 6.07 Å². The molecule has 1 aromatic heterocycles. The second-order valence-electron chi connectivity index (χ2n) is 6.99. The molecule has 1 aromatic carbocycles. The number of sulfone groups is 1. The summed E-state index contributed by atoms with van der Waals surface area (Å²) in [5.74, 6) is 0.759. The van der Waals surface area contributed by atoms with E-state index in [1.807, 2.05) is 11.0 Å². The zero-order valence-corrected chi connectivity index (χ0v) is 18.6. The Bertz CT molecular complexity index is 950. The number of hydrogen-bond acceptors (Lipinski definition) is 6. The Morgan fingerprint density at radius 3 is 2.90 bits per heavy atom. The van der Waals surface area contributed by atoms with Crippen molar-refractivity contribution in [3.63, 3.8) is 0 Å². The molecule has 156 valence electrons. The first-order valence-electron chi connectivity index (χ1n) is 9.39. The zero-order valence-electron chi connectivity index (χ0n) is 16.2. The number of anilines is 1. The molecule has 1 N–H and O–H groups in total. The molecule has 1 atom stereocenters. The third-order valence-corrected chi connectivity index (χ3v) is 7.09. The molecular formula is C20H24BrN3O4S. The number of carbonyl (C=O) groups excluding carboxylic acids is 1. The molecule has 3 rings (SSSR count). The minimum Gasteiger partial charge on any atom is -0.497 e. The second-order valence-corrected chi connectivity index (χ2v) is 10.0. The van der Waals surface area contributed by atoms with Crippen LogP contribution in [0.25, 0.3) is 0 Å². The monoisotopic (exact) mass is 481 g/mol. The van der Waals surface area contributed by atoms with Crippen molar-refractivity contribution in [3.8, 4) is 5.75 Å². The van der Waals surface area contributed by atoms with Gasteiger partial charge in [0.2, 0.25) is 5.91 Å². The van der Waals surface area contributed by atoms with Gasteiger partial charge >= 0.3 is 0 Å². The molecule has 1 saturated heterocycles. The topological polar surface area (TPSA) is 88.6 Å². The second kappa shape index (κ2) is 9.69. The minimum absolute atomic E-state index is 0.00275. The summed E-state index contributed by atoms with van der Waals surface area (Å²) in [5, 5.41) is 2.84. The fraction of sp³-hybridized carbons (Fsp3) is 0.400. The molecule has 0 spiro atoms. The number of carbonyl (C=O) groups is 1. The van der Waals surface area contributed by atoms with Crippen molar-refractivity contribution in [1.29, 1.82) is 0 Å². The molecule has 9 heteroatoms. The SMILES string of the molecule is COc1cccc(S(=O)(=O)CCN2CCCC(C(=O)Nc3ccc(Br)cn3)C2)c1. The highest BCUT2D eigenvalue weighted by Gasteiger charge is 2.27. The molecule has 0 aliphatic carbocycles. The molecule has 1 aliphatic heterocycles. The summed E-state index contributed by atoms with van der Waals surface area (Å²) in [5.41, 5.74) is 0. The van der Waals surface area contributed by atoms with Crippen LogP contribution in [0.1, 0.15) is 12.8 Å². The van der Waals surface area contributed by atoms with E-state index < -0.39 is 9.84 Å². The van der Waals surface area contributed by atoms with E-state index in [9.17, 15) is 13.2 Å². The van der Waals surface area contributed by atoms with E-state index in [0.29, 0.717) is 24.7 Å². The summed E-state index contributed by atoms with van der Waals surface area (Å²) in [4.78, 5) is 19.0. The van der Waals surface area contributed by atoms with Crippen molar-refractivity contribution >= 4 is 37.5 Å². The Kier molecular flexibility index (Phi) is 7.26. The molecule has 0 saturated carbocycles. The van der Waals surface area contributed by atoms with E-state index in [-0.39, 0.29) is 22.5 Å². The van der Waals surface area contributed by atoms with Gasteiger partial charge in [-0.2, -0.15) is 0 Å². The number of halogens is 1. The number of benzene rings is 1. The molecule has 29 heavy (non-hydrogen) atoms. The number of amides is 1. The maximum atomic E-state index is 12.7. The van der Waals surface area contributed by atoms with Crippen molar-refractivity contribution in [2.24, 2.45) is 5.92 Å². The van der Waals surface area contributed by atoms with Gasteiger partial charge in [-0.25, -0.2) is 13.4 Å². The molecule has 1 fully saturated rings. The van der Waals surface area contributed by atoms with Crippen LogP contribution in [0, 0.1) is 5.92 Å². The van der Waals surface area contributed by atoms with Crippen LogP contribution in [0.3, 0.4) is 0 Å². The van der Waals surface area contributed by atoms with E-state index in [4.69, 9.17) is 4.74 Å². The summed E-state index contributed by atoms with van der Waals surface area (Å²) < 4.78 is 31.3. The number of nitrogens with zero attached hydrogens (tertiary/aromatic N) is 2. The molecule has 1 unspecified atom stereocenters. The van der Waals surface area contributed by atoms with Gasteiger partial charge in [0.05, 0.1) is 23.7 Å². The summed E-state index contributed by atoms with van der Waals surface area (Å²) >= 11 is 3.32. The molecule has 1 aliphatic rings. The van der Waals surface area contributed by atoms with E-state index in [2.05, 4.69) is 26.2 Å². The van der Waals surface area contributed by atoms with Crippen molar-refractivity contribution in [2.75, 3.05) is 37.8 Å². The van der Waals surface area contributed by atoms with Gasteiger partial charge in [0.25, 0.3) is 0 Å². The fourth-order valence-electron chi connectivity index (χ4n) is 3.31. The lowest BCUT2D eigenvalue weighted by Crippen LogP contribution is -2.42.